The number of rotatable bonds is 6. The minimum absolute atomic E-state index is 0.125. The van der Waals surface area contributed by atoms with E-state index >= 15 is 0 Å². The van der Waals surface area contributed by atoms with Gasteiger partial charge < -0.3 is 9.64 Å². The number of nitrogens with zero attached hydrogens (tertiary/aromatic N) is 3. The quantitative estimate of drug-likeness (QED) is 0.560. The van der Waals surface area contributed by atoms with E-state index in [2.05, 4.69) is 10.4 Å². The molecule has 2 aromatic carbocycles. The summed E-state index contributed by atoms with van der Waals surface area (Å²) >= 11 is 1.51. The summed E-state index contributed by atoms with van der Waals surface area (Å²) in [6.45, 7) is 1.83. The van der Waals surface area contributed by atoms with Gasteiger partial charge in [0, 0.05) is 19.9 Å². The molecule has 1 fully saturated rings. The molecule has 170 valence electrons. The van der Waals surface area contributed by atoms with E-state index in [9.17, 15) is 19.2 Å². The van der Waals surface area contributed by atoms with Crippen molar-refractivity contribution in [2.75, 3.05) is 12.1 Å². The van der Waals surface area contributed by atoms with Crippen molar-refractivity contribution in [1.29, 1.82) is 0 Å². The predicted molar refractivity (Wildman–Crippen MR) is 122 cm³/mol. The molecule has 1 N–H and O–H groups in total. The zero-order valence-corrected chi connectivity index (χ0v) is 18.9. The van der Waals surface area contributed by atoms with Crippen LogP contribution in [0, 0.1) is 0 Å². The highest BCUT2D eigenvalue weighted by Gasteiger charge is 2.26. The maximum Gasteiger partial charge on any atom is 0.338 e. The number of hydrogen-bond acceptors (Lipinski definition) is 7. The Balaban J connectivity index is 1.35. The molecule has 0 aliphatic carbocycles. The second kappa shape index (κ2) is 9.37. The first-order valence-corrected chi connectivity index (χ1v) is 11.2. The van der Waals surface area contributed by atoms with Gasteiger partial charge in [0.25, 0.3) is 5.91 Å². The van der Waals surface area contributed by atoms with E-state index in [0.29, 0.717) is 12.2 Å². The molecule has 3 aromatic rings. The molecule has 4 rings (SSSR count). The fraction of sp³-hybridized carbons (Fsp3) is 0.261. The van der Waals surface area contributed by atoms with E-state index in [-0.39, 0.29) is 36.1 Å². The van der Waals surface area contributed by atoms with Gasteiger partial charge in [-0.1, -0.05) is 12.1 Å². The lowest BCUT2D eigenvalue weighted by Gasteiger charge is -2.27. The van der Waals surface area contributed by atoms with E-state index in [1.54, 1.807) is 7.05 Å². The highest BCUT2D eigenvalue weighted by atomic mass is 32.1. The van der Waals surface area contributed by atoms with Crippen LogP contribution in [0.5, 0.6) is 0 Å². The number of aromatic nitrogens is 1. The topological polar surface area (TPSA) is 109 Å². The van der Waals surface area contributed by atoms with Gasteiger partial charge in [-0.3, -0.25) is 19.8 Å². The highest BCUT2D eigenvalue weighted by Crippen LogP contribution is 2.23. The number of hydrazine groups is 1. The Morgan fingerprint density at radius 3 is 2.61 bits per heavy atom. The number of benzene rings is 2. The van der Waals surface area contributed by atoms with Crippen molar-refractivity contribution in [3.05, 3.63) is 59.1 Å². The first-order chi connectivity index (χ1) is 15.8. The zero-order valence-electron chi connectivity index (χ0n) is 18.1. The van der Waals surface area contributed by atoms with Crippen LogP contribution >= 0.6 is 11.3 Å². The molecule has 0 radical (unpaired) electrons. The Bertz CT molecular complexity index is 1190. The number of esters is 1. The first kappa shape index (κ1) is 22.4. The highest BCUT2D eigenvalue weighted by molar-refractivity contribution is 7.18. The molecule has 1 unspecified atom stereocenters. The van der Waals surface area contributed by atoms with E-state index in [1.807, 2.05) is 24.3 Å². The van der Waals surface area contributed by atoms with Crippen LogP contribution in [-0.4, -0.2) is 46.7 Å². The van der Waals surface area contributed by atoms with Crippen LogP contribution < -0.4 is 10.4 Å². The third kappa shape index (κ3) is 5.01. The van der Waals surface area contributed by atoms with Crippen molar-refractivity contribution >= 4 is 50.9 Å². The van der Waals surface area contributed by atoms with Gasteiger partial charge in [-0.15, -0.1) is 11.3 Å². The van der Waals surface area contributed by atoms with E-state index < -0.39 is 12.1 Å². The first-order valence-electron chi connectivity index (χ1n) is 10.3. The van der Waals surface area contributed by atoms with E-state index in [1.165, 1.54) is 47.4 Å². The average molecular weight is 467 g/mol. The largest absolute Gasteiger partial charge is 0.449 e. The molecule has 1 atom stereocenters. The summed E-state index contributed by atoms with van der Waals surface area (Å²) in [5.41, 5.74) is 4.03. The number of anilines is 1. The standard InChI is InChI=1S/C23H22N4O5S/c1-14(22(30)26(2)13-20-24-17-5-3-4-6-18(17)33-20)32-23(31)15-7-9-16(10-8-15)27-21(29)12-11-19(28)25-27/h3-10,14H,11-13H2,1-2H3,(H,25,28). The molecule has 0 spiro atoms. The summed E-state index contributed by atoms with van der Waals surface area (Å²) in [4.78, 5) is 54.8. The van der Waals surface area contributed by atoms with Crippen molar-refractivity contribution in [2.45, 2.75) is 32.4 Å². The van der Waals surface area contributed by atoms with Crippen molar-refractivity contribution in [3.8, 4) is 0 Å². The molecule has 10 heteroatoms. The zero-order chi connectivity index (χ0) is 23.5. The molecule has 1 saturated heterocycles. The Hall–Kier alpha value is -3.79. The molecule has 1 aromatic heterocycles. The number of likely N-dealkylation sites (N-methyl/N-ethyl adjacent to an activating group) is 1. The van der Waals surface area contributed by atoms with Crippen LogP contribution in [-0.2, 0) is 25.7 Å². The molecule has 2 heterocycles. The predicted octanol–water partition coefficient (Wildman–Crippen LogP) is 2.66. The molecule has 0 saturated carbocycles. The normalized spacial score (nSPS) is 14.7. The van der Waals surface area contributed by atoms with Crippen molar-refractivity contribution in [2.24, 2.45) is 0 Å². The third-order valence-electron chi connectivity index (χ3n) is 5.13. The number of fused-ring (bicyclic) bond motifs is 1. The van der Waals surface area contributed by atoms with Crippen molar-refractivity contribution in [3.63, 3.8) is 0 Å². The van der Waals surface area contributed by atoms with E-state index in [0.717, 1.165) is 20.2 Å². The van der Waals surface area contributed by atoms with Gasteiger partial charge >= 0.3 is 5.97 Å². The van der Waals surface area contributed by atoms with Gasteiger partial charge in [0.1, 0.15) is 5.01 Å². The smallest absolute Gasteiger partial charge is 0.338 e. The molecular weight excluding hydrogens is 444 g/mol. The summed E-state index contributed by atoms with van der Waals surface area (Å²) in [7, 11) is 1.64. The average Bonchev–Trinajstić information content (AvgIpc) is 3.22. The van der Waals surface area contributed by atoms with Gasteiger partial charge in [0.2, 0.25) is 11.8 Å². The molecule has 1 aliphatic rings. The van der Waals surface area contributed by atoms with Crippen molar-refractivity contribution in [1.82, 2.24) is 15.3 Å². The molecule has 3 amide bonds. The number of para-hydroxylation sites is 1. The second-order valence-corrected chi connectivity index (χ2v) is 8.74. The summed E-state index contributed by atoms with van der Waals surface area (Å²) < 4.78 is 6.39. The van der Waals surface area contributed by atoms with Gasteiger partial charge in [0.05, 0.1) is 28.0 Å². The number of nitrogens with one attached hydrogen (secondary N) is 1. The Morgan fingerprint density at radius 1 is 1.15 bits per heavy atom. The van der Waals surface area contributed by atoms with E-state index in [4.69, 9.17) is 4.74 Å². The number of ether oxygens (including phenoxy) is 1. The van der Waals surface area contributed by atoms with Gasteiger partial charge in [0.15, 0.2) is 6.10 Å². The number of carbonyl (C=O) groups is 4. The maximum absolute atomic E-state index is 12.7. The van der Waals surface area contributed by atoms with Gasteiger partial charge in [-0.05, 0) is 43.3 Å². The molecule has 33 heavy (non-hydrogen) atoms. The number of amides is 3. The Morgan fingerprint density at radius 2 is 1.88 bits per heavy atom. The summed E-state index contributed by atoms with van der Waals surface area (Å²) in [5.74, 6) is -1.49. The third-order valence-corrected chi connectivity index (χ3v) is 6.15. The Labute approximate surface area is 193 Å². The molecule has 0 bridgehead atoms. The van der Waals surface area contributed by atoms with Crippen LogP contribution in [0.2, 0.25) is 0 Å². The van der Waals surface area contributed by atoms with Gasteiger partial charge in [-0.25, -0.2) is 14.8 Å². The minimum Gasteiger partial charge on any atom is -0.449 e. The van der Waals surface area contributed by atoms with Gasteiger partial charge in [-0.2, -0.15) is 0 Å². The minimum atomic E-state index is -0.987. The van der Waals surface area contributed by atoms with Crippen LogP contribution in [0.15, 0.2) is 48.5 Å². The fourth-order valence-electron chi connectivity index (χ4n) is 3.39. The maximum atomic E-state index is 12.7. The lowest BCUT2D eigenvalue weighted by Crippen LogP contribution is -2.50. The second-order valence-electron chi connectivity index (χ2n) is 7.63. The molecular formula is C23H22N4O5S. The number of carbonyl (C=O) groups excluding carboxylic acids is 4. The lowest BCUT2D eigenvalue weighted by atomic mass is 10.1. The SMILES string of the molecule is CC(OC(=O)c1ccc(N2NC(=O)CCC2=O)cc1)C(=O)N(C)Cc1nc2ccccc2s1. The monoisotopic (exact) mass is 466 g/mol. The number of hydrogen-bond donors (Lipinski definition) is 1. The molecule has 1 aliphatic heterocycles. The summed E-state index contributed by atoms with van der Waals surface area (Å²) in [6.07, 6.45) is -0.710. The molecule has 9 nitrogen and oxygen atoms in total. The lowest BCUT2D eigenvalue weighted by molar-refractivity contribution is -0.139. The summed E-state index contributed by atoms with van der Waals surface area (Å²) in [6, 6.07) is 13.8. The Kier molecular flexibility index (Phi) is 6.36. The number of thiazole rings is 1. The van der Waals surface area contributed by atoms with Crippen LogP contribution in [0.4, 0.5) is 5.69 Å². The van der Waals surface area contributed by atoms with Crippen LogP contribution in [0.25, 0.3) is 10.2 Å². The van der Waals surface area contributed by atoms with Crippen molar-refractivity contribution < 1.29 is 23.9 Å². The summed E-state index contributed by atoms with van der Waals surface area (Å²) in [5, 5.41) is 1.95. The van der Waals surface area contributed by atoms with Crippen LogP contribution in [0.1, 0.15) is 35.1 Å². The van der Waals surface area contributed by atoms with Crippen LogP contribution in [0.3, 0.4) is 0 Å². The fourth-order valence-corrected chi connectivity index (χ4v) is 4.41.